The zero-order chi connectivity index (χ0) is 22.3. The van der Waals surface area contributed by atoms with Crippen molar-refractivity contribution in [2.45, 2.75) is 12.3 Å². The number of hydrogen-bond acceptors (Lipinski definition) is 4. The Morgan fingerprint density at radius 2 is 2.06 bits per heavy atom. The Balaban J connectivity index is 1.43. The van der Waals surface area contributed by atoms with Crippen molar-refractivity contribution in [1.82, 2.24) is 10.3 Å². The van der Waals surface area contributed by atoms with Gasteiger partial charge in [-0.15, -0.1) is 17.9 Å². The zero-order valence-corrected chi connectivity index (χ0v) is 18.8. The van der Waals surface area contributed by atoms with E-state index >= 15 is 0 Å². The Labute approximate surface area is 191 Å². The van der Waals surface area contributed by atoms with Gasteiger partial charge in [0.1, 0.15) is 0 Å². The molecular weight excluding hydrogens is 420 g/mol. The van der Waals surface area contributed by atoms with Crippen LogP contribution in [0.15, 0.2) is 78.8 Å². The molecule has 0 aliphatic heterocycles. The van der Waals surface area contributed by atoms with Crippen LogP contribution in [0.1, 0.15) is 21.9 Å². The number of carbonyl (C=O) groups excluding carboxylic acids is 1. The molecule has 0 bridgehead atoms. The number of benzene rings is 2. The highest BCUT2D eigenvalue weighted by atomic mass is 32.1. The van der Waals surface area contributed by atoms with Crippen LogP contribution >= 0.6 is 11.3 Å². The molecule has 1 unspecified atom stereocenters. The zero-order valence-electron chi connectivity index (χ0n) is 18.0. The van der Waals surface area contributed by atoms with Crippen LogP contribution in [0.25, 0.3) is 10.9 Å². The number of fused-ring (bicyclic) bond motifs is 1. The van der Waals surface area contributed by atoms with Gasteiger partial charge in [0.05, 0.1) is 7.11 Å². The second-order valence-electron chi connectivity index (χ2n) is 7.43. The molecule has 2 N–H and O–H groups in total. The van der Waals surface area contributed by atoms with E-state index in [9.17, 15) is 4.79 Å². The fraction of sp³-hybridized carbons (Fsp3) is 0.192. The maximum absolute atomic E-state index is 12.6. The number of allylic oxidation sites excluding steroid dienone is 1. The largest absolute Gasteiger partial charge is 0.493 e. The van der Waals surface area contributed by atoms with Gasteiger partial charge in [0, 0.05) is 34.4 Å². The number of para-hydroxylation sites is 1. The first kappa shape index (κ1) is 21.7. The third kappa shape index (κ3) is 4.86. The van der Waals surface area contributed by atoms with Gasteiger partial charge in [0.25, 0.3) is 5.91 Å². The number of aromatic amines is 1. The van der Waals surface area contributed by atoms with E-state index in [1.807, 2.05) is 48.7 Å². The fourth-order valence-corrected chi connectivity index (χ4v) is 4.62. The van der Waals surface area contributed by atoms with Gasteiger partial charge in [-0.05, 0) is 47.2 Å². The quantitative estimate of drug-likeness (QED) is 0.325. The predicted octanol–water partition coefficient (Wildman–Crippen LogP) is 5.29. The summed E-state index contributed by atoms with van der Waals surface area (Å²) in [5, 5.41) is 6.27. The van der Waals surface area contributed by atoms with Gasteiger partial charge < -0.3 is 19.8 Å². The number of thiophene rings is 1. The van der Waals surface area contributed by atoms with E-state index in [0.29, 0.717) is 18.0 Å². The highest BCUT2D eigenvalue weighted by molar-refractivity contribution is 7.10. The standard InChI is InChI=1S/C26H26N2O3S/c1-3-7-18-11-12-23(24(14-18)30-2)31-17-26(29)28-16-21(25-10-6-13-32-25)20-15-27-22-9-5-4-8-19(20)22/h3-6,8-15,21,27H,1,7,16-17H2,2H3,(H,28,29). The molecule has 4 aromatic rings. The number of carbonyl (C=O) groups is 1. The number of hydrogen-bond donors (Lipinski definition) is 2. The van der Waals surface area contributed by atoms with Crippen LogP contribution < -0.4 is 14.8 Å². The van der Waals surface area contributed by atoms with E-state index < -0.39 is 0 Å². The van der Waals surface area contributed by atoms with E-state index in [1.165, 1.54) is 15.8 Å². The number of aromatic nitrogens is 1. The second kappa shape index (κ2) is 10.2. The minimum absolute atomic E-state index is 0.0582. The van der Waals surface area contributed by atoms with Gasteiger partial charge in [-0.2, -0.15) is 0 Å². The average Bonchev–Trinajstić information content (AvgIpc) is 3.49. The van der Waals surface area contributed by atoms with Gasteiger partial charge in [0.2, 0.25) is 0 Å². The third-order valence-electron chi connectivity index (χ3n) is 5.35. The summed E-state index contributed by atoms with van der Waals surface area (Å²) < 4.78 is 11.1. The fourth-order valence-electron chi connectivity index (χ4n) is 3.77. The van der Waals surface area contributed by atoms with E-state index in [2.05, 4.69) is 40.5 Å². The van der Waals surface area contributed by atoms with Crippen molar-refractivity contribution in [3.63, 3.8) is 0 Å². The number of H-pyrrole nitrogens is 1. The van der Waals surface area contributed by atoms with Crippen LogP contribution in [0.2, 0.25) is 0 Å². The molecule has 6 heteroatoms. The van der Waals surface area contributed by atoms with Gasteiger partial charge in [-0.1, -0.05) is 36.4 Å². The molecule has 2 aromatic heterocycles. The Hall–Kier alpha value is -3.51. The monoisotopic (exact) mass is 446 g/mol. The van der Waals surface area contributed by atoms with Crippen LogP contribution in [0.5, 0.6) is 11.5 Å². The van der Waals surface area contributed by atoms with Crippen LogP contribution in [0.4, 0.5) is 0 Å². The topological polar surface area (TPSA) is 63.3 Å². The molecule has 4 rings (SSSR count). The predicted molar refractivity (Wildman–Crippen MR) is 130 cm³/mol. The summed E-state index contributed by atoms with van der Waals surface area (Å²) in [6, 6.07) is 18.0. The van der Waals surface area contributed by atoms with Gasteiger partial charge in [-0.3, -0.25) is 4.79 Å². The molecule has 32 heavy (non-hydrogen) atoms. The summed E-state index contributed by atoms with van der Waals surface area (Å²) >= 11 is 1.69. The van der Waals surface area contributed by atoms with Gasteiger partial charge in [-0.25, -0.2) is 0 Å². The molecule has 2 aromatic carbocycles. The number of methoxy groups -OCH3 is 1. The van der Waals surface area contributed by atoms with Crippen LogP contribution in [0.3, 0.4) is 0 Å². The molecule has 2 heterocycles. The molecule has 0 radical (unpaired) electrons. The van der Waals surface area contributed by atoms with Crippen molar-refractivity contribution in [2.24, 2.45) is 0 Å². The van der Waals surface area contributed by atoms with Crippen molar-refractivity contribution < 1.29 is 14.3 Å². The van der Waals surface area contributed by atoms with E-state index in [0.717, 1.165) is 17.5 Å². The van der Waals surface area contributed by atoms with Gasteiger partial charge >= 0.3 is 0 Å². The van der Waals surface area contributed by atoms with E-state index in [-0.39, 0.29) is 18.4 Å². The van der Waals surface area contributed by atoms with Crippen molar-refractivity contribution in [3.8, 4) is 11.5 Å². The summed E-state index contributed by atoms with van der Waals surface area (Å²) in [6.07, 6.45) is 4.61. The van der Waals surface area contributed by atoms with Crippen LogP contribution in [0, 0.1) is 0 Å². The van der Waals surface area contributed by atoms with Crippen molar-refractivity contribution in [3.05, 3.63) is 94.8 Å². The normalized spacial score (nSPS) is 11.8. The lowest BCUT2D eigenvalue weighted by atomic mass is 9.96. The maximum atomic E-state index is 12.6. The lowest BCUT2D eigenvalue weighted by Crippen LogP contribution is -2.32. The molecule has 0 saturated carbocycles. The highest BCUT2D eigenvalue weighted by Gasteiger charge is 2.20. The SMILES string of the molecule is C=CCc1ccc(OCC(=O)NCC(c2cccs2)c2c[nH]c3ccccc23)c(OC)c1. The van der Waals surface area contributed by atoms with E-state index in [4.69, 9.17) is 9.47 Å². The number of ether oxygens (including phenoxy) is 2. The Bertz CT molecular complexity index is 1200. The summed E-state index contributed by atoms with van der Waals surface area (Å²) in [7, 11) is 1.59. The summed E-state index contributed by atoms with van der Waals surface area (Å²) in [5.41, 5.74) is 3.33. The molecule has 5 nitrogen and oxygen atoms in total. The smallest absolute Gasteiger partial charge is 0.257 e. The lowest BCUT2D eigenvalue weighted by Gasteiger charge is -2.17. The average molecular weight is 447 g/mol. The van der Waals surface area contributed by atoms with Gasteiger partial charge in [0.15, 0.2) is 18.1 Å². The maximum Gasteiger partial charge on any atom is 0.257 e. The first-order chi connectivity index (χ1) is 15.7. The molecule has 0 aliphatic rings. The van der Waals surface area contributed by atoms with Crippen LogP contribution in [-0.4, -0.2) is 31.2 Å². The molecule has 164 valence electrons. The van der Waals surface area contributed by atoms with Crippen molar-refractivity contribution in [1.29, 1.82) is 0 Å². The first-order valence-electron chi connectivity index (χ1n) is 10.5. The Morgan fingerprint density at radius 3 is 2.84 bits per heavy atom. The van der Waals surface area contributed by atoms with E-state index in [1.54, 1.807) is 18.4 Å². The minimum atomic E-state index is -0.177. The second-order valence-corrected chi connectivity index (χ2v) is 8.41. The first-order valence-corrected chi connectivity index (χ1v) is 11.3. The number of amides is 1. The highest BCUT2D eigenvalue weighted by Crippen LogP contribution is 2.33. The summed E-state index contributed by atoms with van der Waals surface area (Å²) in [5.74, 6) is 1.03. The summed E-state index contributed by atoms with van der Waals surface area (Å²) in [4.78, 5) is 17.1. The Kier molecular flexibility index (Phi) is 6.92. The minimum Gasteiger partial charge on any atom is -0.493 e. The van der Waals surface area contributed by atoms with Crippen molar-refractivity contribution in [2.75, 3.05) is 20.3 Å². The molecule has 0 aliphatic carbocycles. The van der Waals surface area contributed by atoms with Crippen molar-refractivity contribution >= 4 is 28.1 Å². The molecule has 1 amide bonds. The molecule has 0 saturated heterocycles. The molecule has 1 atom stereocenters. The van der Waals surface area contributed by atoms with Crippen LogP contribution in [-0.2, 0) is 11.2 Å². The molecular formula is C26H26N2O3S. The lowest BCUT2D eigenvalue weighted by molar-refractivity contribution is -0.123. The third-order valence-corrected chi connectivity index (χ3v) is 6.34. The number of rotatable bonds is 10. The molecule has 0 spiro atoms. The Morgan fingerprint density at radius 1 is 1.19 bits per heavy atom. The molecule has 0 fully saturated rings. The number of nitrogens with one attached hydrogen (secondary N) is 2. The summed E-state index contributed by atoms with van der Waals surface area (Å²) in [6.45, 7) is 4.16.